The zero-order valence-corrected chi connectivity index (χ0v) is 19.3. The minimum absolute atomic E-state index is 0.0123. The van der Waals surface area contributed by atoms with Crippen LogP contribution in [0.4, 0.5) is 0 Å². The first-order valence-corrected chi connectivity index (χ1v) is 10.5. The molecule has 0 radical (unpaired) electrons. The fourth-order valence-corrected chi connectivity index (χ4v) is 2.84. The normalized spacial score (nSPS) is 24.1. The van der Waals surface area contributed by atoms with E-state index in [0.29, 0.717) is 11.9 Å². The van der Waals surface area contributed by atoms with Crippen LogP contribution in [0.5, 0.6) is 0 Å². The Morgan fingerprint density at radius 3 is 2.24 bits per heavy atom. The fourth-order valence-electron chi connectivity index (χ4n) is 2.84. The second kappa shape index (κ2) is 13.5. The van der Waals surface area contributed by atoms with E-state index in [9.17, 15) is 28.8 Å². The van der Waals surface area contributed by atoms with Crippen molar-refractivity contribution in [1.29, 1.82) is 0 Å². The molecule has 0 fully saturated rings. The molecule has 0 spiro atoms. The lowest BCUT2D eigenvalue weighted by Gasteiger charge is -2.31. The number of allylic oxidation sites excluding steroid dienone is 3. The summed E-state index contributed by atoms with van der Waals surface area (Å²) in [5.41, 5.74) is -0.259. The van der Waals surface area contributed by atoms with Gasteiger partial charge >= 0.3 is 0 Å². The molecule has 0 aromatic heterocycles. The van der Waals surface area contributed by atoms with Crippen molar-refractivity contribution in [3.63, 3.8) is 0 Å². The minimum Gasteiger partial charge on any atom is -0.354 e. The summed E-state index contributed by atoms with van der Waals surface area (Å²) in [6, 6.07) is -2.02. The number of nitrogens with one attached hydrogen (secondary N) is 5. The SMILES string of the molecule is C=C/C=C(\C=C)C[C@@H]1NC(=O)CNC(=O)/C=C\C(=O)N[C@H](C=O)C(C)(C)CNC(=O)CNC1=O. The Labute approximate surface area is 198 Å². The molecule has 0 bridgehead atoms. The van der Waals surface area contributed by atoms with Crippen molar-refractivity contribution in [2.24, 2.45) is 5.41 Å². The van der Waals surface area contributed by atoms with Gasteiger partial charge in [-0.25, -0.2) is 0 Å². The van der Waals surface area contributed by atoms with Crippen LogP contribution in [0.15, 0.2) is 49.1 Å². The van der Waals surface area contributed by atoms with Crippen LogP contribution in [0, 0.1) is 5.41 Å². The van der Waals surface area contributed by atoms with Crippen LogP contribution in [-0.4, -0.2) is 67.5 Å². The van der Waals surface area contributed by atoms with Gasteiger partial charge in [-0.15, -0.1) is 0 Å². The molecular weight excluding hydrogens is 442 g/mol. The molecule has 2 atom stereocenters. The van der Waals surface area contributed by atoms with Crippen LogP contribution >= 0.6 is 0 Å². The molecule has 11 heteroatoms. The third-order valence-corrected chi connectivity index (χ3v) is 4.94. The van der Waals surface area contributed by atoms with Gasteiger partial charge in [0.15, 0.2) is 0 Å². The topological polar surface area (TPSA) is 163 Å². The quantitative estimate of drug-likeness (QED) is 0.248. The monoisotopic (exact) mass is 473 g/mol. The summed E-state index contributed by atoms with van der Waals surface area (Å²) in [7, 11) is 0. The average molecular weight is 474 g/mol. The largest absolute Gasteiger partial charge is 0.354 e. The predicted octanol–water partition coefficient (Wildman–Crippen LogP) is -1.21. The molecule has 184 valence electrons. The van der Waals surface area contributed by atoms with E-state index in [4.69, 9.17) is 0 Å². The van der Waals surface area contributed by atoms with E-state index in [1.807, 2.05) is 0 Å². The summed E-state index contributed by atoms with van der Waals surface area (Å²) in [5.74, 6) is -3.23. The van der Waals surface area contributed by atoms with Gasteiger partial charge in [-0.3, -0.25) is 24.0 Å². The minimum atomic E-state index is -1.06. The maximum atomic E-state index is 12.7. The van der Waals surface area contributed by atoms with Crippen molar-refractivity contribution in [3.8, 4) is 0 Å². The first-order valence-electron chi connectivity index (χ1n) is 10.5. The van der Waals surface area contributed by atoms with E-state index in [0.717, 1.165) is 12.2 Å². The Morgan fingerprint density at radius 1 is 0.971 bits per heavy atom. The summed E-state index contributed by atoms with van der Waals surface area (Å²) in [4.78, 5) is 72.8. The first kappa shape index (κ1) is 28.0. The zero-order chi connectivity index (χ0) is 25.7. The first-order chi connectivity index (χ1) is 16.0. The van der Waals surface area contributed by atoms with Crippen LogP contribution < -0.4 is 26.6 Å². The Kier molecular flexibility index (Phi) is 11.1. The van der Waals surface area contributed by atoms with Gasteiger partial charge in [-0.05, 0) is 5.57 Å². The molecule has 0 aromatic rings. The van der Waals surface area contributed by atoms with E-state index in [2.05, 4.69) is 39.7 Å². The molecule has 1 rings (SSSR count). The summed E-state index contributed by atoms with van der Waals surface area (Å²) in [5, 5.41) is 12.3. The smallest absolute Gasteiger partial charge is 0.244 e. The highest BCUT2D eigenvalue weighted by Gasteiger charge is 2.31. The van der Waals surface area contributed by atoms with Gasteiger partial charge in [0.25, 0.3) is 0 Å². The van der Waals surface area contributed by atoms with Crippen molar-refractivity contribution in [1.82, 2.24) is 26.6 Å². The van der Waals surface area contributed by atoms with E-state index >= 15 is 0 Å². The van der Waals surface area contributed by atoms with E-state index in [1.165, 1.54) is 12.2 Å². The standard InChI is InChI=1S/C23H31N5O6/c1-5-7-15(6-2)10-16-22(34)25-11-20(32)26-14-23(3,4)17(13-29)28-19(31)9-8-18(30)24-12-21(33)27-16/h5-9,13,16-17H,1-2,10-12,14H2,3-4H3,(H,24,30)(H,25,34)(H,26,32)(H,27,33)(H,28,31)/b9-8-,15-7+/t16-,17+/m0/s1. The molecule has 11 nitrogen and oxygen atoms in total. The van der Waals surface area contributed by atoms with Gasteiger partial charge in [-0.2, -0.15) is 0 Å². The maximum Gasteiger partial charge on any atom is 0.244 e. The number of rotatable bonds is 5. The number of hydrogen-bond acceptors (Lipinski definition) is 6. The zero-order valence-electron chi connectivity index (χ0n) is 19.3. The van der Waals surface area contributed by atoms with Gasteiger partial charge in [0.05, 0.1) is 19.1 Å². The maximum absolute atomic E-state index is 12.7. The Bertz CT molecular complexity index is 906. The highest BCUT2D eigenvalue weighted by Crippen LogP contribution is 2.18. The van der Waals surface area contributed by atoms with Crippen LogP contribution in [0.3, 0.4) is 0 Å². The summed E-state index contributed by atoms with van der Waals surface area (Å²) in [6.07, 6.45) is 7.06. The highest BCUT2D eigenvalue weighted by molar-refractivity contribution is 5.99. The van der Waals surface area contributed by atoms with Gasteiger partial charge < -0.3 is 31.4 Å². The molecule has 34 heavy (non-hydrogen) atoms. The van der Waals surface area contributed by atoms with Crippen LogP contribution in [0.2, 0.25) is 0 Å². The van der Waals surface area contributed by atoms with E-state index in [1.54, 1.807) is 19.9 Å². The van der Waals surface area contributed by atoms with Crippen LogP contribution in [-0.2, 0) is 28.8 Å². The highest BCUT2D eigenvalue weighted by atomic mass is 16.2. The van der Waals surface area contributed by atoms with Crippen molar-refractivity contribution >= 4 is 35.8 Å². The average Bonchev–Trinajstić information content (AvgIpc) is 2.80. The van der Waals surface area contributed by atoms with Crippen molar-refractivity contribution < 1.29 is 28.8 Å². The van der Waals surface area contributed by atoms with Gasteiger partial charge in [-0.1, -0.05) is 45.2 Å². The predicted molar refractivity (Wildman–Crippen MR) is 125 cm³/mol. The lowest BCUT2D eigenvalue weighted by atomic mass is 9.85. The fraction of sp³-hybridized carbons (Fsp3) is 0.391. The van der Waals surface area contributed by atoms with Crippen LogP contribution in [0.1, 0.15) is 20.3 Å². The Hall–Kier alpha value is -4.02. The molecule has 1 aliphatic rings. The molecule has 0 aromatic carbocycles. The number of aldehydes is 1. The molecular formula is C23H31N5O6. The van der Waals surface area contributed by atoms with Crippen molar-refractivity contribution in [3.05, 3.63) is 49.1 Å². The third-order valence-electron chi connectivity index (χ3n) is 4.94. The van der Waals surface area contributed by atoms with Crippen molar-refractivity contribution in [2.45, 2.75) is 32.4 Å². The van der Waals surface area contributed by atoms with Crippen molar-refractivity contribution in [2.75, 3.05) is 19.6 Å². The molecule has 0 saturated carbocycles. The second-order valence-corrected chi connectivity index (χ2v) is 8.16. The molecule has 0 aliphatic carbocycles. The van der Waals surface area contributed by atoms with Gasteiger partial charge in [0.1, 0.15) is 12.3 Å². The summed E-state index contributed by atoms with van der Waals surface area (Å²) < 4.78 is 0. The number of carbonyl (C=O) groups excluding carboxylic acids is 6. The number of carbonyl (C=O) groups is 6. The second-order valence-electron chi connectivity index (χ2n) is 8.16. The Morgan fingerprint density at radius 2 is 1.62 bits per heavy atom. The molecule has 5 N–H and O–H groups in total. The number of hydrogen-bond donors (Lipinski definition) is 5. The van der Waals surface area contributed by atoms with Crippen LogP contribution in [0.25, 0.3) is 0 Å². The van der Waals surface area contributed by atoms with E-state index in [-0.39, 0.29) is 19.5 Å². The molecule has 1 heterocycles. The molecule has 1 aliphatic heterocycles. The summed E-state index contributed by atoms with van der Waals surface area (Å²) >= 11 is 0. The summed E-state index contributed by atoms with van der Waals surface area (Å²) in [6.45, 7) is 9.73. The molecule has 0 unspecified atom stereocenters. The van der Waals surface area contributed by atoms with Gasteiger partial charge in [0, 0.05) is 30.5 Å². The van der Waals surface area contributed by atoms with E-state index < -0.39 is 53.6 Å². The Balaban J connectivity index is 3.13. The third kappa shape index (κ3) is 9.63. The molecule has 0 saturated heterocycles. The van der Waals surface area contributed by atoms with Gasteiger partial charge in [0.2, 0.25) is 29.5 Å². The lowest BCUT2D eigenvalue weighted by Crippen LogP contribution is -2.53. The number of amides is 5. The molecule has 5 amide bonds. The lowest BCUT2D eigenvalue weighted by molar-refractivity contribution is -0.130.